The molecule has 8 nitrogen and oxygen atoms in total. The molecule has 0 spiro atoms. The molecule has 9 heteroatoms. The summed E-state index contributed by atoms with van der Waals surface area (Å²) >= 11 is 0. The number of carbonyl (C=O) groups is 2. The number of amides is 2. The van der Waals surface area contributed by atoms with E-state index in [4.69, 9.17) is 4.74 Å². The second kappa shape index (κ2) is 9.42. The Hall–Kier alpha value is -3.07. The second-order valence-electron chi connectivity index (χ2n) is 6.76. The van der Waals surface area contributed by atoms with E-state index in [0.717, 1.165) is 0 Å². The van der Waals surface area contributed by atoms with E-state index in [0.29, 0.717) is 17.1 Å². The SMILES string of the molecule is CC(=O)Nc1cccc(NS(=O)(=O)c2ccc(O[C@@H](C)C(=O)NC(C)C)cc2)c1. The van der Waals surface area contributed by atoms with Gasteiger partial charge in [-0.3, -0.25) is 14.3 Å². The molecule has 0 bridgehead atoms. The van der Waals surface area contributed by atoms with Gasteiger partial charge in [0.15, 0.2) is 6.10 Å². The first-order valence-electron chi connectivity index (χ1n) is 9.04. The number of sulfonamides is 1. The van der Waals surface area contributed by atoms with Gasteiger partial charge in [-0.2, -0.15) is 0 Å². The van der Waals surface area contributed by atoms with E-state index < -0.39 is 16.1 Å². The Bertz CT molecular complexity index is 972. The highest BCUT2D eigenvalue weighted by Crippen LogP contribution is 2.22. The number of ether oxygens (including phenoxy) is 1. The van der Waals surface area contributed by atoms with Crippen LogP contribution in [0.15, 0.2) is 53.4 Å². The van der Waals surface area contributed by atoms with Crippen LogP contribution in [0.3, 0.4) is 0 Å². The van der Waals surface area contributed by atoms with Crippen molar-refractivity contribution in [2.45, 2.75) is 44.7 Å². The van der Waals surface area contributed by atoms with Gasteiger partial charge < -0.3 is 15.4 Å². The Labute approximate surface area is 170 Å². The first-order chi connectivity index (χ1) is 13.6. The van der Waals surface area contributed by atoms with Crippen LogP contribution in [0.1, 0.15) is 27.7 Å². The van der Waals surface area contributed by atoms with Gasteiger partial charge in [0.25, 0.3) is 15.9 Å². The molecule has 29 heavy (non-hydrogen) atoms. The molecule has 0 radical (unpaired) electrons. The van der Waals surface area contributed by atoms with E-state index >= 15 is 0 Å². The van der Waals surface area contributed by atoms with Crippen LogP contribution in [-0.2, 0) is 19.6 Å². The van der Waals surface area contributed by atoms with Crippen LogP contribution >= 0.6 is 0 Å². The van der Waals surface area contributed by atoms with Crippen LogP contribution in [0, 0.1) is 0 Å². The zero-order valence-electron chi connectivity index (χ0n) is 16.7. The molecule has 0 unspecified atom stereocenters. The Morgan fingerprint density at radius 2 is 1.59 bits per heavy atom. The molecular formula is C20H25N3O5S. The lowest BCUT2D eigenvalue weighted by molar-refractivity contribution is -0.127. The Morgan fingerprint density at radius 1 is 0.966 bits per heavy atom. The average Bonchev–Trinajstić information content (AvgIpc) is 2.61. The van der Waals surface area contributed by atoms with Crippen LogP contribution in [-0.4, -0.2) is 32.4 Å². The number of nitrogens with one attached hydrogen (secondary N) is 3. The third-order valence-corrected chi connectivity index (χ3v) is 5.08. The van der Waals surface area contributed by atoms with Crippen molar-refractivity contribution >= 4 is 33.2 Å². The maximum absolute atomic E-state index is 12.6. The molecular weight excluding hydrogens is 394 g/mol. The number of carbonyl (C=O) groups excluding carboxylic acids is 2. The van der Waals surface area contributed by atoms with Crippen molar-refractivity contribution in [3.63, 3.8) is 0 Å². The fraction of sp³-hybridized carbons (Fsp3) is 0.300. The minimum absolute atomic E-state index is 0.00343. The third kappa shape index (κ3) is 6.79. The Balaban J connectivity index is 2.08. The zero-order valence-corrected chi connectivity index (χ0v) is 17.5. The summed E-state index contributed by atoms with van der Waals surface area (Å²) in [5, 5.41) is 5.34. The fourth-order valence-corrected chi connectivity index (χ4v) is 3.48. The molecule has 0 fully saturated rings. The quantitative estimate of drug-likeness (QED) is 0.609. The maximum Gasteiger partial charge on any atom is 0.261 e. The summed E-state index contributed by atoms with van der Waals surface area (Å²) in [4.78, 5) is 23.1. The smallest absolute Gasteiger partial charge is 0.261 e. The topological polar surface area (TPSA) is 114 Å². The zero-order chi connectivity index (χ0) is 21.6. The molecule has 2 amide bonds. The van der Waals surface area contributed by atoms with Crippen molar-refractivity contribution in [3.8, 4) is 5.75 Å². The molecule has 0 aliphatic rings. The highest BCUT2D eigenvalue weighted by Gasteiger charge is 2.17. The van der Waals surface area contributed by atoms with Gasteiger partial charge in [-0.05, 0) is 63.2 Å². The molecule has 156 valence electrons. The molecule has 2 aromatic rings. The largest absolute Gasteiger partial charge is 0.481 e. The summed E-state index contributed by atoms with van der Waals surface area (Å²) in [6.07, 6.45) is -0.713. The van der Waals surface area contributed by atoms with Gasteiger partial charge in [-0.15, -0.1) is 0 Å². The van der Waals surface area contributed by atoms with Crippen LogP contribution < -0.4 is 20.1 Å². The number of hydrogen-bond donors (Lipinski definition) is 3. The van der Waals surface area contributed by atoms with E-state index in [1.54, 1.807) is 25.1 Å². The molecule has 0 aromatic heterocycles. The fourth-order valence-electron chi connectivity index (χ4n) is 2.43. The van der Waals surface area contributed by atoms with Crippen LogP contribution in [0.4, 0.5) is 11.4 Å². The van der Waals surface area contributed by atoms with Crippen molar-refractivity contribution in [2.75, 3.05) is 10.0 Å². The first-order valence-corrected chi connectivity index (χ1v) is 10.5. The minimum atomic E-state index is -3.83. The summed E-state index contributed by atoms with van der Waals surface area (Å²) in [6, 6.07) is 12.1. The molecule has 0 aliphatic carbocycles. The van der Waals surface area contributed by atoms with Gasteiger partial charge in [0, 0.05) is 18.7 Å². The molecule has 0 saturated carbocycles. The van der Waals surface area contributed by atoms with Gasteiger partial charge in [-0.25, -0.2) is 8.42 Å². The predicted octanol–water partition coefficient (Wildman–Crippen LogP) is 2.74. The Morgan fingerprint density at radius 3 is 2.17 bits per heavy atom. The standard InChI is InChI=1S/C20H25N3O5S/c1-13(2)21-20(25)14(3)28-18-8-10-19(11-9-18)29(26,27)23-17-7-5-6-16(12-17)22-15(4)24/h5-14,23H,1-4H3,(H,21,25)(H,22,24)/t14-/m0/s1. The Kier molecular flexibility index (Phi) is 7.22. The van der Waals surface area contributed by atoms with Crippen molar-refractivity contribution in [1.29, 1.82) is 0 Å². The van der Waals surface area contributed by atoms with Crippen LogP contribution in [0.25, 0.3) is 0 Å². The maximum atomic E-state index is 12.6. The summed E-state index contributed by atoms with van der Waals surface area (Å²) in [5.74, 6) is -0.127. The lowest BCUT2D eigenvalue weighted by Gasteiger charge is -2.16. The van der Waals surface area contributed by atoms with E-state index in [2.05, 4.69) is 15.4 Å². The molecule has 3 N–H and O–H groups in total. The van der Waals surface area contributed by atoms with Gasteiger partial charge in [-0.1, -0.05) is 6.07 Å². The highest BCUT2D eigenvalue weighted by atomic mass is 32.2. The number of hydrogen-bond acceptors (Lipinski definition) is 5. The van der Waals surface area contributed by atoms with Crippen molar-refractivity contribution in [1.82, 2.24) is 5.32 Å². The van der Waals surface area contributed by atoms with E-state index in [1.165, 1.54) is 37.3 Å². The minimum Gasteiger partial charge on any atom is -0.481 e. The normalized spacial score (nSPS) is 12.2. The summed E-state index contributed by atoms with van der Waals surface area (Å²) in [6.45, 7) is 6.69. The van der Waals surface area contributed by atoms with Crippen molar-refractivity contribution in [3.05, 3.63) is 48.5 Å². The highest BCUT2D eigenvalue weighted by molar-refractivity contribution is 7.92. The molecule has 0 heterocycles. The van der Waals surface area contributed by atoms with Gasteiger partial charge >= 0.3 is 0 Å². The summed E-state index contributed by atoms with van der Waals surface area (Å²) in [7, 11) is -3.83. The van der Waals surface area contributed by atoms with Gasteiger partial charge in [0.2, 0.25) is 5.91 Å². The van der Waals surface area contributed by atoms with Crippen LogP contribution in [0.5, 0.6) is 5.75 Å². The van der Waals surface area contributed by atoms with Gasteiger partial charge in [0.1, 0.15) is 5.75 Å². The van der Waals surface area contributed by atoms with E-state index in [-0.39, 0.29) is 22.8 Å². The monoisotopic (exact) mass is 419 g/mol. The lowest BCUT2D eigenvalue weighted by atomic mass is 10.3. The lowest BCUT2D eigenvalue weighted by Crippen LogP contribution is -2.40. The molecule has 2 rings (SSSR count). The van der Waals surface area contributed by atoms with Gasteiger partial charge in [0.05, 0.1) is 10.6 Å². The number of anilines is 2. The van der Waals surface area contributed by atoms with Crippen molar-refractivity contribution < 1.29 is 22.7 Å². The molecule has 2 aromatic carbocycles. The van der Waals surface area contributed by atoms with E-state index in [9.17, 15) is 18.0 Å². The summed E-state index contributed by atoms with van der Waals surface area (Å²) in [5.41, 5.74) is 0.797. The summed E-state index contributed by atoms with van der Waals surface area (Å²) < 4.78 is 33.2. The molecule has 0 saturated heterocycles. The molecule has 1 atom stereocenters. The molecule has 0 aliphatic heterocycles. The second-order valence-corrected chi connectivity index (χ2v) is 8.44. The number of rotatable bonds is 8. The van der Waals surface area contributed by atoms with Crippen molar-refractivity contribution in [2.24, 2.45) is 0 Å². The van der Waals surface area contributed by atoms with Crippen LogP contribution in [0.2, 0.25) is 0 Å². The average molecular weight is 420 g/mol. The van der Waals surface area contributed by atoms with E-state index in [1.807, 2.05) is 13.8 Å². The first kappa shape index (κ1) is 22.2. The third-order valence-electron chi connectivity index (χ3n) is 3.68. The number of benzene rings is 2. The predicted molar refractivity (Wildman–Crippen MR) is 111 cm³/mol.